The molecule has 3 atom stereocenters. The normalized spacial score (nSPS) is 33.6. The fourth-order valence-electron chi connectivity index (χ4n) is 4.92. The molecule has 2 saturated carbocycles. The molecule has 1 aromatic rings. The number of nitrogens with one attached hydrogen (secondary N) is 1. The lowest BCUT2D eigenvalue weighted by Crippen LogP contribution is -2.46. The van der Waals surface area contributed by atoms with Crippen molar-refractivity contribution in [1.29, 1.82) is 0 Å². The second-order valence-electron chi connectivity index (χ2n) is 8.06. The van der Waals surface area contributed by atoms with Crippen molar-refractivity contribution in [2.45, 2.75) is 72.9 Å². The first-order valence-electron chi connectivity index (χ1n) is 8.39. The zero-order valence-electron chi connectivity index (χ0n) is 14.2. The number of hydrogen-bond acceptors (Lipinski definition) is 3. The van der Waals surface area contributed by atoms with Gasteiger partial charge < -0.3 is 11.1 Å². The molecule has 2 fully saturated rings. The van der Waals surface area contributed by atoms with E-state index in [1.807, 2.05) is 6.92 Å². The van der Waals surface area contributed by atoms with E-state index in [-0.39, 0.29) is 0 Å². The van der Waals surface area contributed by atoms with Gasteiger partial charge >= 0.3 is 0 Å². The molecule has 1 heterocycles. The molecule has 2 aliphatic carbocycles. The van der Waals surface area contributed by atoms with Crippen molar-refractivity contribution in [1.82, 2.24) is 9.78 Å². The molecule has 4 nitrogen and oxygen atoms in total. The summed E-state index contributed by atoms with van der Waals surface area (Å²) in [6.45, 7) is 12.4. The highest BCUT2D eigenvalue weighted by atomic mass is 15.3. The van der Waals surface area contributed by atoms with Crippen LogP contribution in [0.25, 0.3) is 0 Å². The van der Waals surface area contributed by atoms with Crippen molar-refractivity contribution >= 4 is 11.5 Å². The molecular weight excluding hydrogens is 260 g/mol. The lowest BCUT2D eigenvalue weighted by atomic mass is 9.68. The number of rotatable bonds is 4. The first-order chi connectivity index (χ1) is 9.79. The van der Waals surface area contributed by atoms with Gasteiger partial charge in [0.05, 0.1) is 11.4 Å². The maximum atomic E-state index is 6.30. The van der Waals surface area contributed by atoms with Crippen molar-refractivity contribution in [3.05, 3.63) is 5.69 Å². The standard InChI is InChI=1S/C17H30N4/c1-6-9-21-14(13(18)11(2)20-21)19-15-16(3,4)12-7-8-17(15,5)10-12/h12,15,19H,6-10,18H2,1-5H3. The van der Waals surface area contributed by atoms with Crippen LogP contribution in [-0.4, -0.2) is 15.8 Å². The maximum Gasteiger partial charge on any atom is 0.148 e. The van der Waals surface area contributed by atoms with Gasteiger partial charge in [-0.25, -0.2) is 4.68 Å². The summed E-state index contributed by atoms with van der Waals surface area (Å²) < 4.78 is 2.07. The largest absolute Gasteiger partial charge is 0.394 e. The molecule has 0 radical (unpaired) electrons. The smallest absolute Gasteiger partial charge is 0.148 e. The van der Waals surface area contributed by atoms with E-state index in [1.54, 1.807) is 0 Å². The van der Waals surface area contributed by atoms with Crippen molar-refractivity contribution in [2.75, 3.05) is 11.1 Å². The number of nitrogen functional groups attached to an aromatic ring is 1. The maximum absolute atomic E-state index is 6.30. The zero-order chi connectivity index (χ0) is 15.4. The number of nitrogens with two attached hydrogens (primary N) is 1. The molecule has 118 valence electrons. The van der Waals surface area contributed by atoms with E-state index < -0.39 is 0 Å². The summed E-state index contributed by atoms with van der Waals surface area (Å²) in [5.74, 6) is 1.88. The van der Waals surface area contributed by atoms with E-state index in [0.29, 0.717) is 16.9 Å². The predicted molar refractivity (Wildman–Crippen MR) is 88.3 cm³/mol. The number of anilines is 2. The minimum Gasteiger partial charge on any atom is -0.394 e. The Morgan fingerprint density at radius 3 is 2.67 bits per heavy atom. The van der Waals surface area contributed by atoms with E-state index in [4.69, 9.17) is 5.73 Å². The van der Waals surface area contributed by atoms with Crippen LogP contribution in [0.15, 0.2) is 0 Å². The third-order valence-electron chi connectivity index (χ3n) is 6.16. The van der Waals surface area contributed by atoms with Crippen LogP contribution in [0.1, 0.15) is 59.1 Å². The van der Waals surface area contributed by atoms with Crippen LogP contribution in [-0.2, 0) is 6.54 Å². The summed E-state index contributed by atoms with van der Waals surface area (Å²) in [6, 6.07) is 0.484. The topological polar surface area (TPSA) is 55.9 Å². The highest BCUT2D eigenvalue weighted by molar-refractivity contribution is 5.65. The van der Waals surface area contributed by atoms with Crippen molar-refractivity contribution in [2.24, 2.45) is 16.7 Å². The molecule has 3 unspecified atom stereocenters. The minimum atomic E-state index is 0.328. The highest BCUT2D eigenvalue weighted by Gasteiger charge is 2.59. The Labute approximate surface area is 128 Å². The van der Waals surface area contributed by atoms with Gasteiger partial charge in [-0.3, -0.25) is 0 Å². The van der Waals surface area contributed by atoms with Gasteiger partial charge in [0.25, 0.3) is 0 Å². The first kappa shape index (κ1) is 14.7. The summed E-state index contributed by atoms with van der Waals surface area (Å²) in [7, 11) is 0. The molecule has 0 aromatic carbocycles. The number of nitrogens with zero attached hydrogens (tertiary/aromatic N) is 2. The van der Waals surface area contributed by atoms with Gasteiger partial charge in [-0.2, -0.15) is 5.10 Å². The highest BCUT2D eigenvalue weighted by Crippen LogP contribution is 2.63. The molecule has 1 aromatic heterocycles. The fourth-order valence-corrected chi connectivity index (χ4v) is 4.92. The number of hydrogen-bond donors (Lipinski definition) is 2. The molecule has 3 N–H and O–H groups in total. The number of aromatic nitrogens is 2. The Balaban J connectivity index is 1.93. The first-order valence-corrected chi connectivity index (χ1v) is 8.39. The van der Waals surface area contributed by atoms with Gasteiger partial charge in [0.15, 0.2) is 0 Å². The molecule has 0 spiro atoms. The molecular formula is C17H30N4. The lowest BCUT2D eigenvalue weighted by Gasteiger charge is -2.43. The van der Waals surface area contributed by atoms with Gasteiger partial charge in [0.1, 0.15) is 5.82 Å². The van der Waals surface area contributed by atoms with Crippen molar-refractivity contribution < 1.29 is 0 Å². The van der Waals surface area contributed by atoms with Crippen molar-refractivity contribution in [3.8, 4) is 0 Å². The van der Waals surface area contributed by atoms with Crippen LogP contribution < -0.4 is 11.1 Å². The molecule has 0 aliphatic heterocycles. The van der Waals surface area contributed by atoms with E-state index in [9.17, 15) is 0 Å². The average Bonchev–Trinajstić information content (AvgIpc) is 2.97. The summed E-state index contributed by atoms with van der Waals surface area (Å²) in [4.78, 5) is 0. The Hall–Kier alpha value is -1.19. The van der Waals surface area contributed by atoms with Gasteiger partial charge in [0.2, 0.25) is 0 Å². The number of fused-ring (bicyclic) bond motifs is 2. The summed E-state index contributed by atoms with van der Waals surface area (Å²) >= 11 is 0. The summed E-state index contributed by atoms with van der Waals surface area (Å²) in [5.41, 5.74) is 8.79. The second-order valence-corrected chi connectivity index (χ2v) is 8.06. The molecule has 2 bridgehead atoms. The van der Waals surface area contributed by atoms with E-state index in [0.717, 1.165) is 36.1 Å². The second kappa shape index (κ2) is 4.65. The quantitative estimate of drug-likeness (QED) is 0.886. The van der Waals surface area contributed by atoms with Crippen LogP contribution >= 0.6 is 0 Å². The van der Waals surface area contributed by atoms with Gasteiger partial charge in [-0.15, -0.1) is 0 Å². The Kier molecular flexibility index (Phi) is 3.26. The SMILES string of the molecule is CCCn1nc(C)c(N)c1NC1C2(C)CCC(C2)C1(C)C. The fraction of sp³-hybridized carbons (Fsp3) is 0.824. The third kappa shape index (κ3) is 2.06. The van der Waals surface area contributed by atoms with Gasteiger partial charge in [-0.05, 0) is 49.4 Å². The monoisotopic (exact) mass is 290 g/mol. The van der Waals surface area contributed by atoms with Crippen LogP contribution in [0, 0.1) is 23.7 Å². The summed E-state index contributed by atoms with van der Waals surface area (Å²) in [5, 5.41) is 8.42. The average molecular weight is 290 g/mol. The lowest BCUT2D eigenvalue weighted by molar-refractivity contribution is 0.155. The van der Waals surface area contributed by atoms with Crippen molar-refractivity contribution in [3.63, 3.8) is 0 Å². The molecule has 3 rings (SSSR count). The zero-order valence-corrected chi connectivity index (χ0v) is 14.2. The molecule has 4 heteroatoms. The molecule has 2 aliphatic rings. The minimum absolute atomic E-state index is 0.328. The van der Waals surface area contributed by atoms with Crippen LogP contribution in [0.2, 0.25) is 0 Å². The van der Waals surface area contributed by atoms with E-state index in [1.165, 1.54) is 19.3 Å². The van der Waals surface area contributed by atoms with Gasteiger partial charge in [0, 0.05) is 12.6 Å². The van der Waals surface area contributed by atoms with E-state index in [2.05, 4.69) is 42.8 Å². The van der Waals surface area contributed by atoms with Crippen LogP contribution in [0.3, 0.4) is 0 Å². The molecule has 0 saturated heterocycles. The van der Waals surface area contributed by atoms with Crippen LogP contribution in [0.5, 0.6) is 0 Å². The van der Waals surface area contributed by atoms with Crippen LogP contribution in [0.4, 0.5) is 11.5 Å². The Morgan fingerprint density at radius 1 is 1.38 bits per heavy atom. The Bertz CT molecular complexity index is 540. The molecule has 21 heavy (non-hydrogen) atoms. The molecule has 0 amide bonds. The predicted octanol–water partition coefficient (Wildman–Crippen LogP) is 3.81. The van der Waals surface area contributed by atoms with Gasteiger partial charge in [-0.1, -0.05) is 27.7 Å². The Morgan fingerprint density at radius 2 is 2.10 bits per heavy atom. The third-order valence-corrected chi connectivity index (χ3v) is 6.16. The summed E-state index contributed by atoms with van der Waals surface area (Å²) in [6.07, 6.45) is 5.13. The number of aryl methyl sites for hydroxylation is 2. The van der Waals surface area contributed by atoms with E-state index >= 15 is 0 Å².